The maximum absolute atomic E-state index is 13.8. The van der Waals surface area contributed by atoms with Gasteiger partial charge in [0.05, 0.1) is 17.1 Å². The Bertz CT molecular complexity index is 1540. The number of nitrogens with zero attached hydrogens (tertiary/aromatic N) is 2. The Morgan fingerprint density at radius 2 is 1.80 bits per heavy atom. The van der Waals surface area contributed by atoms with E-state index in [1.54, 1.807) is 40.8 Å². The monoisotopic (exact) mass is 471 g/mol. The van der Waals surface area contributed by atoms with Gasteiger partial charge in [-0.05, 0) is 73.4 Å². The molecule has 0 bridgehead atoms. The van der Waals surface area contributed by atoms with Gasteiger partial charge in [-0.1, -0.05) is 24.3 Å². The highest BCUT2D eigenvalue weighted by Crippen LogP contribution is 2.33. The molecule has 35 heavy (non-hydrogen) atoms. The summed E-state index contributed by atoms with van der Waals surface area (Å²) >= 11 is 0. The van der Waals surface area contributed by atoms with Gasteiger partial charge in [0.15, 0.2) is 0 Å². The van der Waals surface area contributed by atoms with Crippen molar-refractivity contribution in [3.63, 3.8) is 0 Å². The number of nitrogens with one attached hydrogen (secondary N) is 1. The number of carbonyl (C=O) groups is 1. The van der Waals surface area contributed by atoms with Crippen LogP contribution in [0.5, 0.6) is 0 Å². The molecule has 178 valence electrons. The lowest BCUT2D eigenvalue weighted by Crippen LogP contribution is -2.25. The summed E-state index contributed by atoms with van der Waals surface area (Å²) < 4.78 is 15.4. The van der Waals surface area contributed by atoms with E-state index in [4.69, 9.17) is 0 Å². The Kier molecular flexibility index (Phi) is 5.55. The lowest BCUT2D eigenvalue weighted by molar-refractivity contribution is 0.0698. The van der Waals surface area contributed by atoms with Crippen molar-refractivity contribution in [3.8, 4) is 0 Å². The summed E-state index contributed by atoms with van der Waals surface area (Å²) in [6.07, 6.45) is 1.82. The molecule has 3 heterocycles. The van der Waals surface area contributed by atoms with E-state index in [-0.39, 0.29) is 23.0 Å². The van der Waals surface area contributed by atoms with E-state index in [2.05, 4.69) is 10.2 Å². The molecular weight excluding hydrogens is 445 g/mol. The summed E-state index contributed by atoms with van der Waals surface area (Å²) in [5.74, 6) is -1.27. The van der Waals surface area contributed by atoms with Gasteiger partial charge in [-0.3, -0.25) is 9.20 Å². The summed E-state index contributed by atoms with van der Waals surface area (Å²) in [5.41, 5.74) is 6.56. The first-order chi connectivity index (χ1) is 16.7. The highest BCUT2D eigenvalue weighted by molar-refractivity contribution is 5.94. The molecule has 0 unspecified atom stereocenters. The molecule has 1 atom stereocenters. The number of aromatic nitrogens is 1. The molecule has 2 N–H and O–H groups in total. The van der Waals surface area contributed by atoms with Crippen LogP contribution in [-0.4, -0.2) is 15.5 Å². The molecule has 7 heteroatoms. The van der Waals surface area contributed by atoms with Crippen LogP contribution in [-0.2, 0) is 13.1 Å². The number of halogens is 1. The number of pyridine rings is 2. The zero-order chi connectivity index (χ0) is 24.9. The number of anilines is 2. The van der Waals surface area contributed by atoms with E-state index in [0.29, 0.717) is 24.3 Å². The van der Waals surface area contributed by atoms with E-state index < -0.39 is 5.97 Å². The largest absolute Gasteiger partial charge is 0.478 e. The molecule has 0 aliphatic carbocycles. The van der Waals surface area contributed by atoms with E-state index >= 15 is 0 Å². The van der Waals surface area contributed by atoms with Crippen molar-refractivity contribution in [2.24, 2.45) is 0 Å². The number of carboxylic acid groups (broad SMARTS) is 1. The van der Waals surface area contributed by atoms with Crippen LogP contribution in [0.2, 0.25) is 0 Å². The molecule has 0 amide bonds. The average Bonchev–Trinajstić information content (AvgIpc) is 3.24. The fourth-order valence-corrected chi connectivity index (χ4v) is 4.93. The predicted molar refractivity (Wildman–Crippen MR) is 135 cm³/mol. The topological polar surface area (TPSA) is 74.0 Å². The van der Waals surface area contributed by atoms with Gasteiger partial charge in [0, 0.05) is 36.2 Å². The summed E-state index contributed by atoms with van der Waals surface area (Å²) in [7, 11) is 0. The first-order valence-corrected chi connectivity index (χ1v) is 11.5. The Hall–Kier alpha value is -4.13. The van der Waals surface area contributed by atoms with Gasteiger partial charge in [0.1, 0.15) is 5.82 Å². The van der Waals surface area contributed by atoms with Gasteiger partial charge in [0.2, 0.25) is 0 Å². The minimum absolute atomic E-state index is 0.109. The zero-order valence-electron chi connectivity index (χ0n) is 19.8. The van der Waals surface area contributed by atoms with E-state index in [0.717, 1.165) is 33.5 Å². The number of aromatic carboxylic acids is 1. The number of para-hydroxylation sites is 1. The van der Waals surface area contributed by atoms with Gasteiger partial charge >= 0.3 is 5.97 Å². The van der Waals surface area contributed by atoms with Crippen molar-refractivity contribution in [2.45, 2.75) is 39.9 Å². The highest BCUT2D eigenvalue weighted by Gasteiger charge is 2.24. The maximum Gasteiger partial charge on any atom is 0.337 e. The molecule has 1 aliphatic heterocycles. The van der Waals surface area contributed by atoms with Gasteiger partial charge in [-0.15, -0.1) is 0 Å². The van der Waals surface area contributed by atoms with Crippen molar-refractivity contribution in [3.05, 3.63) is 110 Å². The van der Waals surface area contributed by atoms with Crippen LogP contribution >= 0.6 is 0 Å². The predicted octanol–water partition coefficient (Wildman–Crippen LogP) is 5.45. The van der Waals surface area contributed by atoms with E-state index in [9.17, 15) is 19.1 Å². The lowest BCUT2D eigenvalue weighted by Gasteiger charge is -2.24. The summed E-state index contributed by atoms with van der Waals surface area (Å²) in [6, 6.07) is 15.3. The zero-order valence-corrected chi connectivity index (χ0v) is 19.8. The quantitative estimate of drug-likeness (QED) is 0.405. The maximum atomic E-state index is 13.8. The first kappa shape index (κ1) is 22.7. The van der Waals surface area contributed by atoms with Crippen LogP contribution in [0.15, 0.2) is 65.6 Å². The number of hydrogen-bond donors (Lipinski definition) is 2. The van der Waals surface area contributed by atoms with Crippen LogP contribution in [0.4, 0.5) is 15.8 Å². The molecular formula is C28H26FN3O3. The first-order valence-electron chi connectivity index (χ1n) is 11.5. The SMILES string of the molecule is Cc1cc([C@@H](C)Nc2ccccc2C(=O)O)c2cc(N3Cc4ccc(F)cc4C3)c(C)c(=O)n2c1. The minimum atomic E-state index is -1.01. The Labute approximate surface area is 202 Å². The summed E-state index contributed by atoms with van der Waals surface area (Å²) in [5, 5.41) is 12.9. The number of aryl methyl sites for hydroxylation is 1. The van der Waals surface area contributed by atoms with Crippen molar-refractivity contribution in [2.75, 3.05) is 10.2 Å². The van der Waals surface area contributed by atoms with Gasteiger partial charge in [-0.2, -0.15) is 0 Å². The fraction of sp³-hybridized carbons (Fsp3) is 0.214. The Morgan fingerprint density at radius 1 is 1.06 bits per heavy atom. The van der Waals surface area contributed by atoms with Crippen LogP contribution in [0.1, 0.15) is 51.1 Å². The number of carboxylic acids is 1. The highest BCUT2D eigenvalue weighted by atomic mass is 19.1. The lowest BCUT2D eigenvalue weighted by atomic mass is 10.0. The normalized spacial score (nSPS) is 13.7. The molecule has 2 aromatic carbocycles. The van der Waals surface area contributed by atoms with E-state index in [1.165, 1.54) is 6.07 Å². The van der Waals surface area contributed by atoms with Gasteiger partial charge in [0.25, 0.3) is 5.56 Å². The third-order valence-corrected chi connectivity index (χ3v) is 6.70. The second-order valence-electron chi connectivity index (χ2n) is 9.17. The van der Waals surface area contributed by atoms with Gasteiger partial charge in [-0.25, -0.2) is 9.18 Å². The van der Waals surface area contributed by atoms with Crippen molar-refractivity contribution in [1.29, 1.82) is 0 Å². The standard InChI is InChI=1S/C28H26FN3O3/c1-16-10-23(18(3)30-24-7-5-4-6-22(24)28(34)35)26-12-25(17(2)27(33)32(26)13-16)31-14-19-8-9-21(29)11-20(19)15-31/h4-13,18,30H,14-15H2,1-3H3,(H,34,35)/t18-/m1/s1. The number of fused-ring (bicyclic) bond motifs is 2. The molecule has 0 saturated heterocycles. The minimum Gasteiger partial charge on any atom is -0.478 e. The Morgan fingerprint density at radius 3 is 2.57 bits per heavy atom. The average molecular weight is 472 g/mol. The molecule has 0 saturated carbocycles. The second kappa shape index (κ2) is 8.58. The fourth-order valence-electron chi connectivity index (χ4n) is 4.93. The van der Waals surface area contributed by atoms with Crippen LogP contribution in [0.3, 0.4) is 0 Å². The second-order valence-corrected chi connectivity index (χ2v) is 9.17. The Balaban J connectivity index is 1.60. The number of benzene rings is 2. The molecule has 4 aromatic rings. The molecule has 0 radical (unpaired) electrons. The molecule has 0 spiro atoms. The smallest absolute Gasteiger partial charge is 0.337 e. The molecule has 2 aromatic heterocycles. The third kappa shape index (κ3) is 4.03. The van der Waals surface area contributed by atoms with Crippen LogP contribution in [0.25, 0.3) is 5.52 Å². The van der Waals surface area contributed by atoms with E-state index in [1.807, 2.05) is 39.1 Å². The van der Waals surface area contributed by atoms with Crippen LogP contribution in [0, 0.1) is 19.7 Å². The molecule has 6 nitrogen and oxygen atoms in total. The molecule has 0 fully saturated rings. The van der Waals surface area contributed by atoms with Crippen LogP contribution < -0.4 is 15.8 Å². The number of rotatable bonds is 5. The van der Waals surface area contributed by atoms with Crippen molar-refractivity contribution >= 4 is 22.9 Å². The van der Waals surface area contributed by atoms with Gasteiger partial charge < -0.3 is 15.3 Å². The summed E-state index contributed by atoms with van der Waals surface area (Å²) in [6.45, 7) is 6.84. The molecule has 5 rings (SSSR count). The summed E-state index contributed by atoms with van der Waals surface area (Å²) in [4.78, 5) is 27.2. The van der Waals surface area contributed by atoms with Crippen molar-refractivity contribution < 1.29 is 14.3 Å². The molecule has 1 aliphatic rings. The third-order valence-electron chi connectivity index (χ3n) is 6.70. The van der Waals surface area contributed by atoms with Crippen molar-refractivity contribution in [1.82, 2.24) is 4.40 Å². The number of hydrogen-bond acceptors (Lipinski definition) is 4.